The van der Waals surface area contributed by atoms with Crippen LogP contribution in [0, 0.1) is 0 Å². The number of rotatable bonds is 6. The fourth-order valence-corrected chi connectivity index (χ4v) is 2.60. The zero-order valence-corrected chi connectivity index (χ0v) is 11.3. The highest BCUT2D eigenvalue weighted by molar-refractivity contribution is 7.09. The van der Waals surface area contributed by atoms with E-state index in [0.717, 1.165) is 5.69 Å². The third-order valence-electron chi connectivity index (χ3n) is 2.80. The first-order valence-corrected chi connectivity index (χ1v) is 6.88. The number of benzene rings is 1. The molecule has 0 aliphatic rings. The van der Waals surface area contributed by atoms with E-state index in [9.17, 15) is 4.79 Å². The lowest BCUT2D eigenvalue weighted by atomic mass is 10.2. The molecule has 1 heterocycles. The van der Waals surface area contributed by atoms with Crippen LogP contribution >= 0.6 is 11.3 Å². The maximum Gasteiger partial charge on any atom is 0.305 e. The molecule has 100 valence electrons. The normalized spacial score (nSPS) is 10.3. The average molecular weight is 276 g/mol. The molecule has 0 radical (unpaired) electrons. The van der Waals surface area contributed by atoms with Crippen LogP contribution in [0.2, 0.25) is 0 Å². The van der Waals surface area contributed by atoms with Crippen molar-refractivity contribution in [2.75, 3.05) is 17.2 Å². The van der Waals surface area contributed by atoms with Crippen LogP contribution in [0.1, 0.15) is 11.3 Å². The maximum absolute atomic E-state index is 10.8. The lowest BCUT2D eigenvalue weighted by molar-refractivity contribution is -0.136. The highest BCUT2D eigenvalue weighted by Gasteiger charge is 2.12. The first-order valence-electron chi connectivity index (χ1n) is 6.00. The Kier molecular flexibility index (Phi) is 4.41. The Morgan fingerprint density at radius 1 is 1.26 bits per heavy atom. The number of anilines is 2. The second-order valence-electron chi connectivity index (χ2n) is 4.20. The van der Waals surface area contributed by atoms with Gasteiger partial charge in [0, 0.05) is 11.4 Å². The number of nitrogens with zero attached hydrogens (tertiary/aromatic N) is 1. The van der Waals surface area contributed by atoms with Gasteiger partial charge in [-0.25, -0.2) is 0 Å². The Balaban J connectivity index is 2.18. The smallest absolute Gasteiger partial charge is 0.305 e. The minimum absolute atomic E-state index is 0.0969. The average Bonchev–Trinajstić information content (AvgIpc) is 2.88. The fraction of sp³-hybridized carbons (Fsp3) is 0.214. The summed E-state index contributed by atoms with van der Waals surface area (Å²) in [6.07, 6.45) is 0.0969. The van der Waals surface area contributed by atoms with E-state index in [2.05, 4.69) is 0 Å². The van der Waals surface area contributed by atoms with Gasteiger partial charge in [0.15, 0.2) is 0 Å². The van der Waals surface area contributed by atoms with Crippen LogP contribution in [0.4, 0.5) is 11.4 Å². The number of aliphatic carboxylic acids is 1. The Labute approximate surface area is 116 Å². The molecule has 0 aliphatic heterocycles. The van der Waals surface area contributed by atoms with Gasteiger partial charge in [-0.1, -0.05) is 18.2 Å². The highest BCUT2D eigenvalue weighted by atomic mass is 32.1. The molecule has 3 N–H and O–H groups in total. The summed E-state index contributed by atoms with van der Waals surface area (Å²) >= 11 is 1.66. The van der Waals surface area contributed by atoms with Gasteiger partial charge in [-0.3, -0.25) is 4.79 Å². The number of carbonyl (C=O) groups is 1. The SMILES string of the molecule is Nc1ccccc1N(CCC(=O)O)Cc1cccs1. The Bertz CT molecular complexity index is 540. The number of hydrogen-bond donors (Lipinski definition) is 2. The molecule has 0 amide bonds. The van der Waals surface area contributed by atoms with Crippen LogP contribution in [0.25, 0.3) is 0 Å². The molecule has 0 aliphatic carbocycles. The molecule has 5 heteroatoms. The van der Waals surface area contributed by atoms with Gasteiger partial charge in [0.1, 0.15) is 0 Å². The molecule has 1 aromatic carbocycles. The molecule has 19 heavy (non-hydrogen) atoms. The van der Waals surface area contributed by atoms with E-state index in [-0.39, 0.29) is 6.42 Å². The monoisotopic (exact) mass is 276 g/mol. The first-order chi connectivity index (χ1) is 9.16. The summed E-state index contributed by atoms with van der Waals surface area (Å²) in [4.78, 5) is 14.0. The van der Waals surface area contributed by atoms with E-state index in [1.54, 1.807) is 11.3 Å². The van der Waals surface area contributed by atoms with E-state index < -0.39 is 5.97 Å². The second-order valence-corrected chi connectivity index (χ2v) is 5.24. The van der Waals surface area contributed by atoms with E-state index in [0.29, 0.717) is 18.8 Å². The predicted octanol–water partition coefficient (Wildman–Crippen LogP) is 2.81. The topological polar surface area (TPSA) is 66.6 Å². The van der Waals surface area contributed by atoms with Gasteiger partial charge in [0.2, 0.25) is 0 Å². The summed E-state index contributed by atoms with van der Waals surface area (Å²) in [5, 5.41) is 10.9. The molecular formula is C14H16N2O2S. The van der Waals surface area contributed by atoms with Gasteiger partial charge in [0.25, 0.3) is 0 Å². The third kappa shape index (κ3) is 3.72. The Morgan fingerprint density at radius 3 is 2.68 bits per heavy atom. The van der Waals surface area contributed by atoms with Crippen molar-refractivity contribution in [2.45, 2.75) is 13.0 Å². The summed E-state index contributed by atoms with van der Waals surface area (Å²) in [6.45, 7) is 1.13. The standard InChI is InChI=1S/C14H16N2O2S/c15-12-5-1-2-6-13(12)16(8-7-14(17)18)10-11-4-3-9-19-11/h1-6,9H,7-8,10,15H2,(H,17,18). The molecular weight excluding hydrogens is 260 g/mol. The highest BCUT2D eigenvalue weighted by Crippen LogP contribution is 2.25. The van der Waals surface area contributed by atoms with Crippen LogP contribution in [0.5, 0.6) is 0 Å². The van der Waals surface area contributed by atoms with Gasteiger partial charge in [-0.2, -0.15) is 0 Å². The van der Waals surface area contributed by atoms with Crippen molar-refractivity contribution in [3.63, 3.8) is 0 Å². The molecule has 0 atom stereocenters. The van der Waals surface area contributed by atoms with E-state index in [4.69, 9.17) is 10.8 Å². The van der Waals surface area contributed by atoms with Gasteiger partial charge in [-0.05, 0) is 23.6 Å². The molecule has 0 saturated heterocycles. The quantitative estimate of drug-likeness (QED) is 0.796. The zero-order chi connectivity index (χ0) is 13.7. The largest absolute Gasteiger partial charge is 0.481 e. The van der Waals surface area contributed by atoms with E-state index >= 15 is 0 Å². The van der Waals surface area contributed by atoms with Gasteiger partial charge >= 0.3 is 5.97 Å². The van der Waals surface area contributed by atoms with Crippen molar-refractivity contribution in [2.24, 2.45) is 0 Å². The minimum atomic E-state index is -0.800. The number of para-hydroxylation sites is 2. The van der Waals surface area contributed by atoms with Crippen LogP contribution in [0.15, 0.2) is 41.8 Å². The summed E-state index contributed by atoms with van der Waals surface area (Å²) in [5.41, 5.74) is 7.53. The Morgan fingerprint density at radius 2 is 2.05 bits per heavy atom. The van der Waals surface area contributed by atoms with Crippen LogP contribution in [-0.2, 0) is 11.3 Å². The second kappa shape index (κ2) is 6.24. The number of carboxylic acids is 1. The van der Waals surface area contributed by atoms with Crippen molar-refractivity contribution in [1.29, 1.82) is 0 Å². The van der Waals surface area contributed by atoms with E-state index in [1.807, 2.05) is 46.7 Å². The molecule has 0 fully saturated rings. The Hall–Kier alpha value is -2.01. The van der Waals surface area contributed by atoms with Crippen LogP contribution in [-0.4, -0.2) is 17.6 Å². The zero-order valence-electron chi connectivity index (χ0n) is 10.5. The van der Waals surface area contributed by atoms with Gasteiger partial charge in [0.05, 0.1) is 24.3 Å². The van der Waals surface area contributed by atoms with Crippen molar-refractivity contribution in [3.8, 4) is 0 Å². The van der Waals surface area contributed by atoms with Crippen LogP contribution in [0.3, 0.4) is 0 Å². The van der Waals surface area contributed by atoms with Gasteiger partial charge in [-0.15, -0.1) is 11.3 Å². The molecule has 2 aromatic rings. The molecule has 1 aromatic heterocycles. The van der Waals surface area contributed by atoms with Crippen molar-refractivity contribution >= 4 is 28.7 Å². The summed E-state index contributed by atoms with van der Waals surface area (Å²) < 4.78 is 0. The van der Waals surface area contributed by atoms with Crippen LogP contribution < -0.4 is 10.6 Å². The lowest BCUT2D eigenvalue weighted by Gasteiger charge is -2.25. The molecule has 0 saturated carbocycles. The minimum Gasteiger partial charge on any atom is -0.481 e. The number of thiophene rings is 1. The predicted molar refractivity (Wildman–Crippen MR) is 78.5 cm³/mol. The summed E-state index contributed by atoms with van der Waals surface area (Å²) in [6, 6.07) is 11.6. The molecule has 2 rings (SSSR count). The number of nitrogen functional groups attached to an aromatic ring is 1. The van der Waals surface area contributed by atoms with Gasteiger partial charge < -0.3 is 15.7 Å². The van der Waals surface area contributed by atoms with E-state index in [1.165, 1.54) is 4.88 Å². The number of hydrogen-bond acceptors (Lipinski definition) is 4. The van der Waals surface area contributed by atoms with Crippen molar-refractivity contribution in [3.05, 3.63) is 46.7 Å². The molecule has 4 nitrogen and oxygen atoms in total. The fourth-order valence-electron chi connectivity index (χ4n) is 1.88. The van der Waals surface area contributed by atoms with Crippen molar-refractivity contribution < 1.29 is 9.90 Å². The number of nitrogens with two attached hydrogens (primary N) is 1. The number of carboxylic acid groups (broad SMARTS) is 1. The lowest BCUT2D eigenvalue weighted by Crippen LogP contribution is -2.26. The molecule has 0 bridgehead atoms. The maximum atomic E-state index is 10.8. The molecule has 0 spiro atoms. The summed E-state index contributed by atoms with van der Waals surface area (Å²) in [5.74, 6) is -0.800. The first kappa shape index (κ1) is 13.4. The molecule has 0 unspecified atom stereocenters. The third-order valence-corrected chi connectivity index (χ3v) is 3.66. The summed E-state index contributed by atoms with van der Waals surface area (Å²) in [7, 11) is 0. The van der Waals surface area contributed by atoms with Crippen molar-refractivity contribution in [1.82, 2.24) is 0 Å².